The maximum atomic E-state index is 12.9. The highest BCUT2D eigenvalue weighted by atomic mass is 32.2. The zero-order chi connectivity index (χ0) is 19.2. The predicted octanol–water partition coefficient (Wildman–Crippen LogP) is 3.54. The molecule has 2 aromatic carbocycles. The lowest BCUT2D eigenvalue weighted by molar-refractivity contribution is 0.311. The van der Waals surface area contributed by atoms with E-state index in [4.69, 9.17) is 9.47 Å². The molecule has 136 valence electrons. The van der Waals surface area contributed by atoms with Crippen LogP contribution in [-0.4, -0.2) is 22.1 Å². The van der Waals surface area contributed by atoms with Crippen LogP contribution in [0.4, 0.5) is 10.1 Å². The van der Waals surface area contributed by atoms with Crippen LogP contribution in [0.15, 0.2) is 47.4 Å². The Kier molecular flexibility index (Phi) is 6.20. The molecule has 26 heavy (non-hydrogen) atoms. The maximum absolute atomic E-state index is 12.9. The van der Waals surface area contributed by atoms with Gasteiger partial charge in [0.1, 0.15) is 11.9 Å². The monoisotopic (exact) mass is 376 g/mol. The van der Waals surface area contributed by atoms with Gasteiger partial charge in [-0.15, -0.1) is 0 Å². The van der Waals surface area contributed by atoms with Crippen LogP contribution in [-0.2, 0) is 10.0 Å². The van der Waals surface area contributed by atoms with E-state index in [2.05, 4.69) is 4.72 Å². The van der Waals surface area contributed by atoms with Crippen LogP contribution in [0.5, 0.6) is 11.5 Å². The molecule has 2 aromatic rings. The number of rotatable bonds is 7. The number of benzene rings is 2. The van der Waals surface area contributed by atoms with Crippen LogP contribution in [0, 0.1) is 17.1 Å². The minimum atomic E-state index is -4.12. The van der Waals surface area contributed by atoms with Gasteiger partial charge in [0.15, 0.2) is 16.4 Å². The van der Waals surface area contributed by atoms with Crippen molar-refractivity contribution in [1.29, 1.82) is 5.26 Å². The minimum Gasteiger partial charge on any atom is -0.493 e. The highest BCUT2D eigenvalue weighted by molar-refractivity contribution is 7.96. The summed E-state index contributed by atoms with van der Waals surface area (Å²) in [5.74, 6) is 0.435. The molecule has 0 atom stereocenters. The first-order chi connectivity index (χ1) is 12.4. The Bertz CT molecular complexity index is 948. The van der Waals surface area contributed by atoms with Crippen molar-refractivity contribution in [3.05, 3.63) is 58.8 Å². The molecular formula is C18H17FN2O4S. The van der Waals surface area contributed by atoms with Crippen LogP contribution in [0.2, 0.25) is 0 Å². The van der Waals surface area contributed by atoms with E-state index in [1.54, 1.807) is 24.3 Å². The van der Waals surface area contributed by atoms with Crippen molar-refractivity contribution in [3.8, 4) is 17.6 Å². The van der Waals surface area contributed by atoms with Crippen LogP contribution in [0.1, 0.15) is 12.5 Å². The summed E-state index contributed by atoms with van der Waals surface area (Å²) >= 11 is 0. The molecule has 0 aliphatic carbocycles. The summed E-state index contributed by atoms with van der Waals surface area (Å²) < 4.78 is 50.6. The molecule has 8 heteroatoms. The number of nitrogens with one attached hydrogen (secondary N) is 1. The lowest BCUT2D eigenvalue weighted by Crippen LogP contribution is -2.14. The lowest BCUT2D eigenvalue weighted by Gasteiger charge is -2.10. The van der Waals surface area contributed by atoms with E-state index in [1.807, 2.05) is 6.92 Å². The smallest absolute Gasteiger partial charge is 0.272 e. The van der Waals surface area contributed by atoms with Crippen LogP contribution in [0.3, 0.4) is 0 Å². The first-order valence-corrected chi connectivity index (χ1v) is 9.09. The third kappa shape index (κ3) is 4.74. The lowest BCUT2D eigenvalue weighted by atomic mass is 10.2. The summed E-state index contributed by atoms with van der Waals surface area (Å²) in [6.45, 7) is 2.28. The highest BCUT2D eigenvalue weighted by Crippen LogP contribution is 2.29. The molecule has 0 radical (unpaired) electrons. The first kappa shape index (κ1) is 19.3. The molecule has 0 unspecified atom stereocenters. The largest absolute Gasteiger partial charge is 0.493 e. The zero-order valence-corrected chi connectivity index (χ0v) is 15.0. The zero-order valence-electron chi connectivity index (χ0n) is 14.2. The molecule has 1 N–H and O–H groups in total. The van der Waals surface area contributed by atoms with Gasteiger partial charge in [-0.05, 0) is 55.0 Å². The number of halogens is 1. The molecule has 0 spiro atoms. The van der Waals surface area contributed by atoms with E-state index >= 15 is 0 Å². The van der Waals surface area contributed by atoms with Gasteiger partial charge in [-0.25, -0.2) is 12.8 Å². The molecule has 0 fully saturated rings. The number of methoxy groups -OCH3 is 1. The topological polar surface area (TPSA) is 88.4 Å². The van der Waals surface area contributed by atoms with Crippen molar-refractivity contribution in [2.75, 3.05) is 18.4 Å². The summed E-state index contributed by atoms with van der Waals surface area (Å²) in [5, 5.41) is 9.26. The van der Waals surface area contributed by atoms with Crippen LogP contribution < -0.4 is 14.2 Å². The Balaban J connectivity index is 2.34. The van der Waals surface area contributed by atoms with E-state index < -0.39 is 20.7 Å². The third-order valence-corrected chi connectivity index (χ3v) is 4.57. The molecule has 0 heterocycles. The van der Waals surface area contributed by atoms with E-state index in [0.29, 0.717) is 23.7 Å². The number of allylic oxidation sites excluding steroid dienone is 1. The summed E-state index contributed by atoms with van der Waals surface area (Å²) in [6, 6.07) is 11.2. The average Bonchev–Trinajstić information content (AvgIpc) is 2.62. The quantitative estimate of drug-likeness (QED) is 0.747. The standard InChI is InChI=1S/C18H17FN2O4S/c1-3-25-17-9-4-13(11-18(17)24-2)10-16(12-20)26(22,23)21-15-7-5-14(19)6-8-15/h4-11,21H,3H2,1-2H3/b16-10-. The van der Waals surface area contributed by atoms with Crippen LogP contribution >= 0.6 is 0 Å². The molecule has 0 aliphatic rings. The molecule has 0 bridgehead atoms. The number of hydrogen-bond donors (Lipinski definition) is 1. The van der Waals surface area contributed by atoms with Crippen molar-refractivity contribution < 1.29 is 22.3 Å². The molecule has 0 saturated heterocycles. The first-order valence-electron chi connectivity index (χ1n) is 7.60. The summed E-state index contributed by atoms with van der Waals surface area (Å²) in [7, 11) is -2.66. The normalized spacial score (nSPS) is 11.5. The average molecular weight is 376 g/mol. The molecular weight excluding hydrogens is 359 g/mol. The second-order valence-electron chi connectivity index (χ2n) is 5.08. The molecule has 0 amide bonds. The van der Waals surface area contributed by atoms with E-state index in [9.17, 15) is 18.1 Å². The fraction of sp³-hybridized carbons (Fsp3) is 0.167. The van der Waals surface area contributed by atoms with Crippen LogP contribution in [0.25, 0.3) is 6.08 Å². The van der Waals surface area contributed by atoms with Crippen molar-refractivity contribution in [3.63, 3.8) is 0 Å². The second-order valence-corrected chi connectivity index (χ2v) is 6.73. The van der Waals surface area contributed by atoms with Crippen molar-refractivity contribution in [2.24, 2.45) is 0 Å². The molecule has 0 saturated carbocycles. The fourth-order valence-corrected chi connectivity index (χ4v) is 3.07. The van der Waals surface area contributed by atoms with E-state index in [0.717, 1.165) is 12.1 Å². The van der Waals surface area contributed by atoms with Gasteiger partial charge in [0, 0.05) is 5.69 Å². The number of nitriles is 1. The Morgan fingerprint density at radius 1 is 1.23 bits per heavy atom. The predicted molar refractivity (Wildman–Crippen MR) is 96.7 cm³/mol. The molecule has 2 rings (SSSR count). The molecule has 6 nitrogen and oxygen atoms in total. The number of anilines is 1. The van der Waals surface area contributed by atoms with E-state index in [1.165, 1.54) is 25.3 Å². The number of hydrogen-bond acceptors (Lipinski definition) is 5. The number of sulfonamides is 1. The Morgan fingerprint density at radius 2 is 1.92 bits per heavy atom. The molecule has 0 aliphatic heterocycles. The summed E-state index contributed by atoms with van der Waals surface area (Å²) in [6.07, 6.45) is 1.21. The highest BCUT2D eigenvalue weighted by Gasteiger charge is 2.18. The van der Waals surface area contributed by atoms with Gasteiger partial charge in [0.2, 0.25) is 0 Å². The Hall–Kier alpha value is -3.05. The van der Waals surface area contributed by atoms with Crippen molar-refractivity contribution in [2.45, 2.75) is 6.92 Å². The van der Waals surface area contributed by atoms with Gasteiger partial charge in [-0.2, -0.15) is 5.26 Å². The number of ether oxygens (including phenoxy) is 2. The van der Waals surface area contributed by atoms with Gasteiger partial charge in [-0.3, -0.25) is 4.72 Å². The Labute approximate surface area is 151 Å². The minimum absolute atomic E-state index is 0.150. The second kappa shape index (κ2) is 8.36. The molecule has 0 aromatic heterocycles. The van der Waals surface area contributed by atoms with Crippen molar-refractivity contribution >= 4 is 21.8 Å². The van der Waals surface area contributed by atoms with Gasteiger partial charge in [0.05, 0.1) is 13.7 Å². The third-order valence-electron chi connectivity index (χ3n) is 3.28. The summed E-state index contributed by atoms with van der Waals surface area (Å²) in [4.78, 5) is -0.493. The van der Waals surface area contributed by atoms with Gasteiger partial charge in [0.25, 0.3) is 10.0 Å². The van der Waals surface area contributed by atoms with Gasteiger partial charge < -0.3 is 9.47 Å². The maximum Gasteiger partial charge on any atom is 0.272 e. The SMILES string of the molecule is CCOc1ccc(/C=C(/C#N)S(=O)(=O)Nc2ccc(F)cc2)cc1OC. The Morgan fingerprint density at radius 3 is 2.50 bits per heavy atom. The fourth-order valence-electron chi connectivity index (χ4n) is 2.10. The van der Waals surface area contributed by atoms with Crippen molar-refractivity contribution in [1.82, 2.24) is 0 Å². The number of nitrogens with zero attached hydrogens (tertiary/aromatic N) is 1. The van der Waals surface area contributed by atoms with E-state index in [-0.39, 0.29) is 5.69 Å². The van der Waals surface area contributed by atoms with Gasteiger partial charge >= 0.3 is 0 Å². The van der Waals surface area contributed by atoms with Gasteiger partial charge in [-0.1, -0.05) is 6.07 Å². The summed E-state index contributed by atoms with van der Waals surface area (Å²) in [5.41, 5.74) is 0.600.